The molecule has 0 amide bonds. The van der Waals surface area contributed by atoms with Gasteiger partial charge < -0.3 is 14.6 Å². The van der Waals surface area contributed by atoms with Crippen LogP contribution in [0.1, 0.15) is 49.9 Å². The molecular weight excluding hydrogens is 599 g/mol. The predicted octanol–water partition coefficient (Wildman–Crippen LogP) is 5.08. The molecular formula is C29H32F3N7O4S. The highest BCUT2D eigenvalue weighted by atomic mass is 32.2. The molecule has 1 N–H and O–H groups in total. The number of sulfonamides is 1. The van der Waals surface area contributed by atoms with Crippen LogP contribution in [-0.4, -0.2) is 64.4 Å². The van der Waals surface area contributed by atoms with Crippen molar-refractivity contribution >= 4 is 44.0 Å². The second kappa shape index (κ2) is 11.5. The average Bonchev–Trinajstić information content (AvgIpc) is 3.37. The number of halogens is 3. The van der Waals surface area contributed by atoms with Crippen LogP contribution >= 0.6 is 0 Å². The van der Waals surface area contributed by atoms with Gasteiger partial charge in [-0.1, -0.05) is 6.07 Å². The van der Waals surface area contributed by atoms with Crippen LogP contribution in [0, 0.1) is 5.92 Å². The number of anilines is 3. The predicted molar refractivity (Wildman–Crippen MR) is 158 cm³/mol. The van der Waals surface area contributed by atoms with E-state index >= 15 is 0 Å². The number of fused-ring (bicyclic) bond motifs is 1. The highest BCUT2D eigenvalue weighted by molar-refractivity contribution is 7.92. The average molecular weight is 632 g/mol. The lowest BCUT2D eigenvalue weighted by molar-refractivity contribution is -0.120. The molecule has 0 radical (unpaired) electrons. The minimum atomic E-state index is -3.73. The number of pyridine rings is 1. The summed E-state index contributed by atoms with van der Waals surface area (Å²) in [7, 11) is -0.511. The zero-order valence-corrected chi connectivity index (χ0v) is 25.2. The number of imidazole rings is 2. The van der Waals surface area contributed by atoms with Crippen LogP contribution in [0.2, 0.25) is 0 Å². The molecule has 1 saturated carbocycles. The zero-order valence-electron chi connectivity index (χ0n) is 24.4. The maximum atomic E-state index is 14.4. The Labute approximate surface area is 252 Å². The van der Waals surface area contributed by atoms with Crippen LogP contribution in [0.3, 0.4) is 0 Å². The molecule has 0 spiro atoms. The van der Waals surface area contributed by atoms with Gasteiger partial charge in [0.2, 0.25) is 10.0 Å². The van der Waals surface area contributed by atoms with Crippen molar-refractivity contribution in [1.82, 2.24) is 24.1 Å². The van der Waals surface area contributed by atoms with E-state index in [4.69, 9.17) is 4.74 Å². The van der Waals surface area contributed by atoms with Gasteiger partial charge in [0.05, 0.1) is 53.1 Å². The van der Waals surface area contributed by atoms with Gasteiger partial charge in [0, 0.05) is 32.7 Å². The Bertz CT molecular complexity index is 1840. The summed E-state index contributed by atoms with van der Waals surface area (Å²) in [6.45, 7) is 0.389. The molecule has 11 nitrogen and oxygen atoms in total. The molecule has 1 aromatic carbocycles. The molecule has 2 unspecified atom stereocenters. The lowest BCUT2D eigenvalue weighted by atomic mass is 10.1. The zero-order chi connectivity index (χ0) is 31.3. The normalized spacial score (nSPS) is 20.3. The summed E-state index contributed by atoms with van der Waals surface area (Å²) in [4.78, 5) is 25.8. The van der Waals surface area contributed by atoms with Crippen molar-refractivity contribution < 1.29 is 31.1 Å². The number of hydrogen-bond acceptors (Lipinski definition) is 8. The number of ether oxygens (including phenoxy) is 1. The molecule has 234 valence electrons. The minimum absolute atomic E-state index is 0.0946. The second-order valence-corrected chi connectivity index (χ2v) is 13.3. The highest BCUT2D eigenvalue weighted by Crippen LogP contribution is 2.40. The number of carbonyl (C=O) groups excluding carboxylic acids is 1. The summed E-state index contributed by atoms with van der Waals surface area (Å²) < 4.78 is 77.8. The van der Waals surface area contributed by atoms with Crippen LogP contribution in [0.4, 0.5) is 30.2 Å². The van der Waals surface area contributed by atoms with Crippen molar-refractivity contribution in [2.75, 3.05) is 29.5 Å². The van der Waals surface area contributed by atoms with Gasteiger partial charge in [0.1, 0.15) is 23.7 Å². The lowest BCUT2D eigenvalue weighted by Crippen LogP contribution is -2.25. The van der Waals surface area contributed by atoms with Gasteiger partial charge in [-0.15, -0.1) is 0 Å². The molecule has 1 aliphatic carbocycles. The fraction of sp³-hybridized carbons (Fsp3) is 0.448. The van der Waals surface area contributed by atoms with Gasteiger partial charge in [-0.2, -0.15) is 0 Å². The molecule has 4 aromatic rings. The van der Waals surface area contributed by atoms with Crippen molar-refractivity contribution in [3.05, 3.63) is 48.3 Å². The van der Waals surface area contributed by atoms with E-state index in [1.807, 2.05) is 7.05 Å². The van der Waals surface area contributed by atoms with E-state index in [0.29, 0.717) is 24.3 Å². The molecule has 0 bridgehead atoms. The molecule has 6 rings (SSSR count). The SMILES string of the molecule is CN(c1cc(-c2cncn2C)ccc1Nc1cc(CC(=O)C2C[C@@H]2F)nc2c1nc(C(F)F)n2C1CCCCO1)S(C)(=O)=O. The number of aryl methyl sites for hydroxylation is 1. The molecule has 2 fully saturated rings. The third-order valence-electron chi connectivity index (χ3n) is 8.07. The third-order valence-corrected chi connectivity index (χ3v) is 9.26. The lowest BCUT2D eigenvalue weighted by Gasteiger charge is -2.25. The molecule has 3 aromatic heterocycles. The second-order valence-electron chi connectivity index (χ2n) is 11.3. The number of ketones is 1. The van der Waals surface area contributed by atoms with Crippen LogP contribution < -0.4 is 9.62 Å². The fourth-order valence-corrected chi connectivity index (χ4v) is 6.01. The number of alkyl halides is 3. The number of hydrogen-bond donors (Lipinski definition) is 1. The van der Waals surface area contributed by atoms with Crippen LogP contribution in [-0.2, 0) is 33.0 Å². The van der Waals surface area contributed by atoms with Gasteiger partial charge in [-0.25, -0.2) is 36.5 Å². The van der Waals surface area contributed by atoms with E-state index in [1.54, 1.807) is 35.3 Å². The summed E-state index contributed by atoms with van der Waals surface area (Å²) in [5.74, 6) is -1.57. The van der Waals surface area contributed by atoms with E-state index < -0.39 is 40.6 Å². The van der Waals surface area contributed by atoms with E-state index in [0.717, 1.165) is 29.1 Å². The molecule has 1 aliphatic heterocycles. The van der Waals surface area contributed by atoms with E-state index in [-0.39, 0.29) is 46.9 Å². The summed E-state index contributed by atoms with van der Waals surface area (Å²) >= 11 is 0. The number of rotatable bonds is 10. The van der Waals surface area contributed by atoms with Gasteiger partial charge in [0.15, 0.2) is 11.5 Å². The Kier molecular flexibility index (Phi) is 7.86. The van der Waals surface area contributed by atoms with Gasteiger partial charge >= 0.3 is 0 Å². The van der Waals surface area contributed by atoms with Crippen molar-refractivity contribution in [2.45, 2.75) is 50.9 Å². The highest BCUT2D eigenvalue weighted by Gasteiger charge is 2.43. The van der Waals surface area contributed by atoms with E-state index in [9.17, 15) is 26.4 Å². The van der Waals surface area contributed by atoms with Crippen LogP contribution in [0.5, 0.6) is 0 Å². The molecule has 2 aliphatic rings. The number of Topliss-reactive ketones (excluding diaryl/α,β-unsaturated/α-hetero) is 1. The smallest absolute Gasteiger partial charge is 0.295 e. The number of nitrogens with zero attached hydrogens (tertiary/aromatic N) is 6. The molecule has 3 atom stereocenters. The molecule has 44 heavy (non-hydrogen) atoms. The molecule has 15 heteroatoms. The largest absolute Gasteiger partial charge is 0.358 e. The van der Waals surface area contributed by atoms with Crippen molar-refractivity contribution in [3.63, 3.8) is 0 Å². The minimum Gasteiger partial charge on any atom is -0.358 e. The van der Waals surface area contributed by atoms with Crippen molar-refractivity contribution in [1.29, 1.82) is 0 Å². The first-order chi connectivity index (χ1) is 20.9. The van der Waals surface area contributed by atoms with Gasteiger partial charge in [-0.05, 0) is 43.9 Å². The first kappa shape index (κ1) is 30.1. The summed E-state index contributed by atoms with van der Waals surface area (Å²) in [5.41, 5.74) is 2.71. The monoisotopic (exact) mass is 631 g/mol. The van der Waals surface area contributed by atoms with E-state index in [1.165, 1.54) is 17.7 Å². The maximum Gasteiger partial charge on any atom is 0.295 e. The quantitative estimate of drug-likeness (QED) is 0.257. The standard InChI is InChI=1S/C29H32F3N7O4S/c1-37-15-33-14-23(37)16-7-8-20(22(10-16)38(2)44(3,41)42)35-21-11-17(12-24(40)18-13-19(18)30)34-28-26(21)36-29(27(31)32)39(28)25-6-4-5-9-43-25/h7-8,10-11,14-15,18-19,25,27H,4-6,9,12-13H2,1-3H3,(H,34,35)/t18?,19-,25?/m0/s1. The first-order valence-corrected chi connectivity index (χ1v) is 16.1. The maximum absolute atomic E-state index is 14.4. The molecule has 1 saturated heterocycles. The Morgan fingerprint density at radius 3 is 2.59 bits per heavy atom. The summed E-state index contributed by atoms with van der Waals surface area (Å²) in [6.07, 6.45) is 1.46. The number of carbonyl (C=O) groups is 1. The van der Waals surface area contributed by atoms with Crippen molar-refractivity contribution in [2.24, 2.45) is 13.0 Å². The van der Waals surface area contributed by atoms with Crippen LogP contribution in [0.25, 0.3) is 22.4 Å². The first-order valence-electron chi connectivity index (χ1n) is 14.2. The summed E-state index contributed by atoms with van der Waals surface area (Å²) in [5, 5.41) is 3.19. The fourth-order valence-electron chi connectivity index (χ4n) is 5.51. The Morgan fingerprint density at radius 2 is 1.98 bits per heavy atom. The Morgan fingerprint density at radius 1 is 1.20 bits per heavy atom. The van der Waals surface area contributed by atoms with Crippen LogP contribution in [0.15, 0.2) is 36.8 Å². The van der Waals surface area contributed by atoms with Gasteiger partial charge in [0.25, 0.3) is 6.43 Å². The number of aromatic nitrogens is 5. The number of nitrogens with one attached hydrogen (secondary N) is 1. The third kappa shape index (κ3) is 5.77. The van der Waals surface area contributed by atoms with Gasteiger partial charge in [-0.3, -0.25) is 13.7 Å². The Balaban J connectivity index is 1.51. The number of benzene rings is 1. The van der Waals surface area contributed by atoms with Crippen molar-refractivity contribution in [3.8, 4) is 11.3 Å². The van der Waals surface area contributed by atoms with E-state index in [2.05, 4.69) is 20.3 Å². The topological polar surface area (TPSA) is 124 Å². The summed E-state index contributed by atoms with van der Waals surface area (Å²) in [6, 6.07) is 6.64. The Hall–Kier alpha value is -3.98. The molecule has 4 heterocycles.